The van der Waals surface area contributed by atoms with Crippen LogP contribution >= 0.6 is 0 Å². The fourth-order valence-electron chi connectivity index (χ4n) is 2.10. The number of hydrogen-bond donors (Lipinski definition) is 0. The van der Waals surface area contributed by atoms with E-state index in [9.17, 15) is 10.1 Å². The fraction of sp³-hybridized carbons (Fsp3) is 0.176. The molecule has 22 heavy (non-hydrogen) atoms. The Kier molecular flexibility index (Phi) is 4.78. The lowest BCUT2D eigenvalue weighted by atomic mass is 10.1. The Hall–Kier alpha value is -2.82. The average Bonchev–Trinajstić information content (AvgIpc) is 2.54. The topological polar surface area (TPSA) is 61.6 Å². The van der Waals surface area contributed by atoms with Crippen molar-refractivity contribution in [2.75, 3.05) is 14.2 Å². The van der Waals surface area contributed by atoms with E-state index in [1.807, 2.05) is 31.2 Å². The van der Waals surface area contributed by atoms with Crippen molar-refractivity contribution in [2.45, 2.75) is 6.92 Å². The number of nitrogens with zero attached hydrogens (tertiary/aromatic N) is 1. The van der Waals surface area contributed by atoms with Gasteiger partial charge in [0.15, 0.2) is 0 Å². The van der Waals surface area contributed by atoms with Crippen LogP contribution in [0.1, 0.15) is 16.7 Å². The number of nitro benzene ring substituents is 1. The summed E-state index contributed by atoms with van der Waals surface area (Å²) >= 11 is 0. The van der Waals surface area contributed by atoms with Gasteiger partial charge in [-0.2, -0.15) is 0 Å². The normalized spacial score (nSPS) is 10.7. The lowest BCUT2D eigenvalue weighted by molar-refractivity contribution is -0.384. The third-order valence-electron chi connectivity index (χ3n) is 3.35. The van der Waals surface area contributed by atoms with E-state index in [1.54, 1.807) is 26.4 Å². The summed E-state index contributed by atoms with van der Waals surface area (Å²) < 4.78 is 10.7. The van der Waals surface area contributed by atoms with E-state index in [0.717, 1.165) is 28.2 Å². The Morgan fingerprint density at radius 2 is 1.45 bits per heavy atom. The summed E-state index contributed by atoms with van der Waals surface area (Å²) in [7, 11) is 3.23. The van der Waals surface area contributed by atoms with Gasteiger partial charge in [-0.1, -0.05) is 12.2 Å². The minimum absolute atomic E-state index is 0.0795. The molecule has 0 fully saturated rings. The van der Waals surface area contributed by atoms with Crippen molar-refractivity contribution in [1.82, 2.24) is 0 Å². The molecule has 0 spiro atoms. The van der Waals surface area contributed by atoms with Gasteiger partial charge in [-0.25, -0.2) is 0 Å². The summed E-state index contributed by atoms with van der Waals surface area (Å²) in [6.45, 7) is 1.93. The molecule has 0 amide bonds. The van der Waals surface area contributed by atoms with Crippen molar-refractivity contribution < 1.29 is 14.4 Å². The van der Waals surface area contributed by atoms with Crippen LogP contribution in [-0.2, 0) is 0 Å². The van der Waals surface area contributed by atoms with Crippen molar-refractivity contribution in [3.63, 3.8) is 0 Å². The molecule has 5 heteroatoms. The second kappa shape index (κ2) is 6.76. The van der Waals surface area contributed by atoms with Gasteiger partial charge >= 0.3 is 0 Å². The first-order valence-corrected chi connectivity index (χ1v) is 6.70. The SMILES string of the molecule is COc1cc(/C=C\c2ccc([N+](=O)[O-])cc2)cc(OC)c1C. The molecule has 0 aliphatic heterocycles. The third kappa shape index (κ3) is 3.44. The number of benzene rings is 2. The molecule has 0 unspecified atom stereocenters. The third-order valence-corrected chi connectivity index (χ3v) is 3.35. The Bertz CT molecular complexity index is 680. The molecule has 2 aromatic rings. The summed E-state index contributed by atoms with van der Waals surface area (Å²) in [5.74, 6) is 1.50. The van der Waals surface area contributed by atoms with E-state index >= 15 is 0 Å². The summed E-state index contributed by atoms with van der Waals surface area (Å²) in [5.41, 5.74) is 2.83. The number of ether oxygens (including phenoxy) is 2. The zero-order valence-corrected chi connectivity index (χ0v) is 12.7. The molecule has 0 aliphatic carbocycles. The molecule has 0 N–H and O–H groups in total. The maximum absolute atomic E-state index is 10.6. The van der Waals surface area contributed by atoms with Crippen LogP contribution in [0, 0.1) is 17.0 Å². The molecule has 2 rings (SSSR count). The van der Waals surface area contributed by atoms with Gasteiger partial charge < -0.3 is 9.47 Å². The minimum atomic E-state index is -0.413. The Balaban J connectivity index is 2.27. The van der Waals surface area contributed by atoms with Gasteiger partial charge in [-0.3, -0.25) is 10.1 Å². The second-order valence-electron chi connectivity index (χ2n) is 4.73. The highest BCUT2D eigenvalue weighted by atomic mass is 16.6. The molecule has 0 saturated carbocycles. The summed E-state index contributed by atoms with van der Waals surface area (Å²) in [4.78, 5) is 10.2. The zero-order valence-electron chi connectivity index (χ0n) is 12.7. The van der Waals surface area contributed by atoms with Crippen molar-refractivity contribution in [2.24, 2.45) is 0 Å². The largest absolute Gasteiger partial charge is 0.496 e. The van der Waals surface area contributed by atoms with Gasteiger partial charge in [0.1, 0.15) is 11.5 Å². The smallest absolute Gasteiger partial charge is 0.269 e. The van der Waals surface area contributed by atoms with Gasteiger partial charge in [-0.05, 0) is 42.3 Å². The van der Waals surface area contributed by atoms with Crippen LogP contribution in [0.2, 0.25) is 0 Å². The van der Waals surface area contributed by atoms with Crippen molar-refractivity contribution in [1.29, 1.82) is 0 Å². The quantitative estimate of drug-likeness (QED) is 0.474. The van der Waals surface area contributed by atoms with Crippen LogP contribution in [0.3, 0.4) is 0 Å². The number of nitro groups is 1. The van der Waals surface area contributed by atoms with Gasteiger partial charge in [0, 0.05) is 17.7 Å². The number of hydrogen-bond acceptors (Lipinski definition) is 4. The van der Waals surface area contributed by atoms with Gasteiger partial charge in [0.25, 0.3) is 5.69 Å². The lowest BCUT2D eigenvalue weighted by Gasteiger charge is -2.10. The summed E-state index contributed by atoms with van der Waals surface area (Å²) in [6.07, 6.45) is 3.79. The predicted molar refractivity (Wildman–Crippen MR) is 86.3 cm³/mol. The van der Waals surface area contributed by atoms with Crippen LogP contribution in [0.4, 0.5) is 5.69 Å². The number of methoxy groups -OCH3 is 2. The second-order valence-corrected chi connectivity index (χ2v) is 4.73. The summed E-state index contributed by atoms with van der Waals surface area (Å²) in [6, 6.07) is 10.2. The lowest BCUT2D eigenvalue weighted by Crippen LogP contribution is -1.93. The van der Waals surface area contributed by atoms with Gasteiger partial charge in [0.05, 0.1) is 19.1 Å². The van der Waals surface area contributed by atoms with E-state index < -0.39 is 4.92 Å². The van der Waals surface area contributed by atoms with E-state index in [0.29, 0.717) is 0 Å². The van der Waals surface area contributed by atoms with Crippen LogP contribution < -0.4 is 9.47 Å². The maximum atomic E-state index is 10.6. The monoisotopic (exact) mass is 299 g/mol. The molecular weight excluding hydrogens is 282 g/mol. The molecule has 0 aliphatic rings. The molecule has 0 saturated heterocycles. The van der Waals surface area contributed by atoms with Crippen molar-refractivity contribution in [3.8, 4) is 11.5 Å². The minimum Gasteiger partial charge on any atom is -0.496 e. The van der Waals surface area contributed by atoms with Gasteiger partial charge in [-0.15, -0.1) is 0 Å². The van der Waals surface area contributed by atoms with Crippen molar-refractivity contribution in [3.05, 3.63) is 63.2 Å². The molecule has 0 bridgehead atoms. The first kappa shape index (κ1) is 15.6. The Morgan fingerprint density at radius 1 is 0.955 bits per heavy atom. The molecule has 0 aromatic heterocycles. The van der Waals surface area contributed by atoms with Crippen LogP contribution in [0.15, 0.2) is 36.4 Å². The van der Waals surface area contributed by atoms with Crippen molar-refractivity contribution >= 4 is 17.8 Å². The first-order valence-electron chi connectivity index (χ1n) is 6.70. The van der Waals surface area contributed by atoms with E-state index in [-0.39, 0.29) is 5.69 Å². The predicted octanol–water partition coefficient (Wildman–Crippen LogP) is 4.09. The van der Waals surface area contributed by atoms with E-state index in [2.05, 4.69) is 0 Å². The molecule has 0 atom stereocenters. The molecule has 0 radical (unpaired) electrons. The highest BCUT2D eigenvalue weighted by Gasteiger charge is 2.07. The van der Waals surface area contributed by atoms with E-state index in [4.69, 9.17) is 9.47 Å². The highest BCUT2D eigenvalue weighted by molar-refractivity contribution is 5.72. The number of non-ortho nitro benzene ring substituents is 1. The zero-order chi connectivity index (χ0) is 16.1. The van der Waals surface area contributed by atoms with E-state index in [1.165, 1.54) is 12.1 Å². The van der Waals surface area contributed by atoms with Gasteiger partial charge in [0.2, 0.25) is 0 Å². The molecule has 0 heterocycles. The molecule has 5 nitrogen and oxygen atoms in total. The highest BCUT2D eigenvalue weighted by Crippen LogP contribution is 2.30. The fourth-order valence-corrected chi connectivity index (χ4v) is 2.10. The van der Waals surface area contributed by atoms with Crippen LogP contribution in [0.5, 0.6) is 11.5 Å². The molecule has 114 valence electrons. The average molecular weight is 299 g/mol. The number of rotatable bonds is 5. The van der Waals surface area contributed by atoms with Crippen LogP contribution in [-0.4, -0.2) is 19.1 Å². The maximum Gasteiger partial charge on any atom is 0.269 e. The molecule has 2 aromatic carbocycles. The standard InChI is InChI=1S/C17H17NO4/c1-12-16(21-2)10-14(11-17(12)22-3)5-4-13-6-8-15(9-7-13)18(19)20/h4-11H,1-3H3/b5-4-. The summed E-state index contributed by atoms with van der Waals surface area (Å²) in [5, 5.41) is 10.6. The van der Waals surface area contributed by atoms with Crippen LogP contribution in [0.25, 0.3) is 12.2 Å². The Labute approximate surface area is 129 Å². The Morgan fingerprint density at radius 3 is 1.91 bits per heavy atom. The molecular formula is C17H17NO4. The first-order chi connectivity index (χ1) is 10.5.